The first-order chi connectivity index (χ1) is 12.5. The van der Waals surface area contributed by atoms with Crippen molar-refractivity contribution in [2.75, 3.05) is 24.2 Å². The molecule has 1 aliphatic carbocycles. The third-order valence-electron chi connectivity index (χ3n) is 4.67. The van der Waals surface area contributed by atoms with Gasteiger partial charge >= 0.3 is 0 Å². The third-order valence-corrected chi connectivity index (χ3v) is 4.67. The van der Waals surface area contributed by atoms with Gasteiger partial charge in [-0.2, -0.15) is 0 Å². The van der Waals surface area contributed by atoms with Gasteiger partial charge in [0.05, 0.1) is 22.8 Å². The van der Waals surface area contributed by atoms with E-state index in [0.29, 0.717) is 0 Å². The summed E-state index contributed by atoms with van der Waals surface area (Å²) in [6, 6.07) is 0. The Morgan fingerprint density at radius 1 is 0.846 bits per heavy atom. The summed E-state index contributed by atoms with van der Waals surface area (Å²) in [5.74, 6) is 2.65. The van der Waals surface area contributed by atoms with Gasteiger partial charge in [0.25, 0.3) is 0 Å². The summed E-state index contributed by atoms with van der Waals surface area (Å²) in [6.45, 7) is 8.90. The molecular formula is C20H32N6. The Kier molecular flexibility index (Phi) is 7.75. The van der Waals surface area contributed by atoms with Gasteiger partial charge in [-0.1, -0.05) is 19.3 Å². The zero-order valence-electron chi connectivity index (χ0n) is 16.8. The van der Waals surface area contributed by atoms with Crippen LogP contribution < -0.4 is 10.6 Å². The van der Waals surface area contributed by atoms with Crippen molar-refractivity contribution in [1.29, 1.82) is 0 Å². The quantitative estimate of drug-likeness (QED) is 0.854. The van der Waals surface area contributed by atoms with Gasteiger partial charge in [0.2, 0.25) is 0 Å². The number of hydrogen-bond donors (Lipinski definition) is 2. The maximum atomic E-state index is 4.48. The van der Waals surface area contributed by atoms with E-state index >= 15 is 0 Å². The van der Waals surface area contributed by atoms with E-state index in [-0.39, 0.29) is 0 Å². The van der Waals surface area contributed by atoms with Crippen molar-refractivity contribution in [1.82, 2.24) is 19.9 Å². The summed E-state index contributed by atoms with van der Waals surface area (Å²) in [4.78, 5) is 17.1. The maximum absolute atomic E-state index is 4.48. The lowest BCUT2D eigenvalue weighted by atomic mass is 9.89. The number of nitrogens with zero attached hydrogens (tertiary/aromatic N) is 4. The van der Waals surface area contributed by atoms with Gasteiger partial charge in [-0.3, -0.25) is 9.97 Å². The van der Waals surface area contributed by atoms with Crippen LogP contribution in [0.5, 0.6) is 0 Å². The van der Waals surface area contributed by atoms with E-state index in [2.05, 4.69) is 30.6 Å². The zero-order chi connectivity index (χ0) is 18.9. The SMILES string of the molecule is CNc1nc(C)cnc1C.Cc1cnc(C)c(NCC2CCCCC2)n1. The average Bonchev–Trinajstić information content (AvgIpc) is 2.66. The molecule has 2 aromatic rings. The Labute approximate surface area is 157 Å². The van der Waals surface area contributed by atoms with Crippen molar-refractivity contribution in [3.05, 3.63) is 35.2 Å². The molecule has 0 unspecified atom stereocenters. The molecule has 2 N–H and O–H groups in total. The molecule has 0 spiro atoms. The molecule has 2 heterocycles. The van der Waals surface area contributed by atoms with Crippen LogP contribution in [-0.4, -0.2) is 33.5 Å². The third kappa shape index (κ3) is 6.24. The predicted molar refractivity (Wildman–Crippen MR) is 108 cm³/mol. The minimum atomic E-state index is 0.829. The van der Waals surface area contributed by atoms with Gasteiger partial charge in [0, 0.05) is 26.0 Å². The smallest absolute Gasteiger partial charge is 0.147 e. The van der Waals surface area contributed by atoms with E-state index in [0.717, 1.165) is 46.9 Å². The Hall–Kier alpha value is -2.24. The fraction of sp³-hybridized carbons (Fsp3) is 0.600. The van der Waals surface area contributed by atoms with Crippen LogP contribution in [0, 0.1) is 33.6 Å². The molecule has 142 valence electrons. The molecule has 0 atom stereocenters. The van der Waals surface area contributed by atoms with E-state index in [9.17, 15) is 0 Å². The Balaban J connectivity index is 0.000000209. The number of rotatable bonds is 4. The van der Waals surface area contributed by atoms with Crippen LogP contribution >= 0.6 is 0 Å². The van der Waals surface area contributed by atoms with Crippen molar-refractivity contribution in [3.63, 3.8) is 0 Å². The first-order valence-corrected chi connectivity index (χ1v) is 9.51. The second-order valence-corrected chi connectivity index (χ2v) is 7.03. The highest BCUT2D eigenvalue weighted by molar-refractivity contribution is 5.39. The second kappa shape index (κ2) is 10.0. The van der Waals surface area contributed by atoms with Crippen molar-refractivity contribution in [3.8, 4) is 0 Å². The number of anilines is 2. The molecule has 0 aromatic carbocycles. The molecule has 0 saturated heterocycles. The summed E-state index contributed by atoms with van der Waals surface area (Å²) in [5.41, 5.74) is 3.86. The lowest BCUT2D eigenvalue weighted by molar-refractivity contribution is 0.373. The first-order valence-electron chi connectivity index (χ1n) is 9.51. The van der Waals surface area contributed by atoms with E-state index in [1.165, 1.54) is 32.1 Å². The van der Waals surface area contributed by atoms with Gasteiger partial charge in [-0.25, -0.2) is 9.97 Å². The molecule has 6 heteroatoms. The summed E-state index contributed by atoms with van der Waals surface area (Å²) < 4.78 is 0. The van der Waals surface area contributed by atoms with Crippen molar-refractivity contribution in [2.24, 2.45) is 5.92 Å². The number of aryl methyl sites for hydroxylation is 4. The van der Waals surface area contributed by atoms with Gasteiger partial charge in [0.15, 0.2) is 0 Å². The van der Waals surface area contributed by atoms with Gasteiger partial charge < -0.3 is 10.6 Å². The van der Waals surface area contributed by atoms with Crippen LogP contribution in [0.4, 0.5) is 11.6 Å². The monoisotopic (exact) mass is 356 g/mol. The molecule has 1 aliphatic rings. The fourth-order valence-corrected chi connectivity index (χ4v) is 3.11. The van der Waals surface area contributed by atoms with Crippen LogP contribution in [-0.2, 0) is 0 Å². The largest absolute Gasteiger partial charge is 0.372 e. The molecule has 26 heavy (non-hydrogen) atoms. The molecular weight excluding hydrogens is 324 g/mol. The van der Waals surface area contributed by atoms with Crippen molar-refractivity contribution >= 4 is 11.6 Å². The minimum absolute atomic E-state index is 0.829. The molecule has 0 radical (unpaired) electrons. The predicted octanol–water partition coefficient (Wildman–Crippen LogP) is 4.22. The van der Waals surface area contributed by atoms with E-state index in [1.807, 2.05) is 40.9 Å². The van der Waals surface area contributed by atoms with Crippen molar-refractivity contribution < 1.29 is 0 Å². The summed E-state index contributed by atoms with van der Waals surface area (Å²) in [5, 5.41) is 6.41. The zero-order valence-corrected chi connectivity index (χ0v) is 16.8. The highest BCUT2D eigenvalue weighted by atomic mass is 15.0. The molecule has 0 aliphatic heterocycles. The number of nitrogens with one attached hydrogen (secondary N) is 2. The Morgan fingerprint density at radius 2 is 1.38 bits per heavy atom. The van der Waals surface area contributed by atoms with E-state index in [4.69, 9.17) is 0 Å². The summed E-state index contributed by atoms with van der Waals surface area (Å²) in [7, 11) is 1.84. The molecule has 0 amide bonds. The molecule has 3 rings (SSSR count). The Bertz CT molecular complexity index is 695. The minimum Gasteiger partial charge on any atom is -0.372 e. The molecule has 0 bridgehead atoms. The normalized spacial score (nSPS) is 14.3. The van der Waals surface area contributed by atoms with Crippen LogP contribution in [0.25, 0.3) is 0 Å². The van der Waals surface area contributed by atoms with E-state index < -0.39 is 0 Å². The average molecular weight is 357 g/mol. The van der Waals surface area contributed by atoms with Gasteiger partial charge in [-0.05, 0) is 46.5 Å². The van der Waals surface area contributed by atoms with Crippen LogP contribution in [0.1, 0.15) is 54.9 Å². The standard InChI is InChI=1S/C13H21N3.C7H11N3/c1-10-8-14-11(2)13(16-10)15-9-12-6-4-3-5-7-12;1-5-4-9-6(2)7(8-3)10-5/h8,12H,3-7,9H2,1-2H3,(H,15,16);4H,1-3H3,(H,8,10). The Morgan fingerprint density at radius 3 is 1.92 bits per heavy atom. The lowest BCUT2D eigenvalue weighted by Crippen LogP contribution is -2.18. The van der Waals surface area contributed by atoms with Crippen LogP contribution in [0.3, 0.4) is 0 Å². The highest BCUT2D eigenvalue weighted by Crippen LogP contribution is 2.24. The topological polar surface area (TPSA) is 75.6 Å². The van der Waals surface area contributed by atoms with Crippen LogP contribution in [0.2, 0.25) is 0 Å². The van der Waals surface area contributed by atoms with E-state index in [1.54, 1.807) is 6.20 Å². The van der Waals surface area contributed by atoms with Gasteiger partial charge in [0.1, 0.15) is 11.6 Å². The van der Waals surface area contributed by atoms with Crippen LogP contribution in [0.15, 0.2) is 12.4 Å². The lowest BCUT2D eigenvalue weighted by Gasteiger charge is -2.22. The second-order valence-electron chi connectivity index (χ2n) is 7.03. The highest BCUT2D eigenvalue weighted by Gasteiger charge is 2.13. The van der Waals surface area contributed by atoms with Crippen molar-refractivity contribution in [2.45, 2.75) is 59.8 Å². The first kappa shape index (κ1) is 20.1. The molecule has 6 nitrogen and oxygen atoms in total. The summed E-state index contributed by atoms with van der Waals surface area (Å²) >= 11 is 0. The molecule has 1 fully saturated rings. The maximum Gasteiger partial charge on any atom is 0.147 e. The molecule has 2 aromatic heterocycles. The summed E-state index contributed by atoms with van der Waals surface area (Å²) in [6.07, 6.45) is 10.5. The fourth-order valence-electron chi connectivity index (χ4n) is 3.11. The number of hydrogen-bond acceptors (Lipinski definition) is 6. The number of aromatic nitrogens is 4. The molecule has 1 saturated carbocycles. The van der Waals surface area contributed by atoms with Gasteiger partial charge in [-0.15, -0.1) is 0 Å².